The zero-order valence-corrected chi connectivity index (χ0v) is 17.2. The van der Waals surface area contributed by atoms with Crippen LogP contribution < -0.4 is 4.74 Å². The Morgan fingerprint density at radius 2 is 1.43 bits per heavy atom. The first-order chi connectivity index (χ1) is 14.6. The van der Waals surface area contributed by atoms with Crippen molar-refractivity contribution in [3.8, 4) is 5.75 Å². The van der Waals surface area contributed by atoms with Gasteiger partial charge in [0.25, 0.3) is 5.91 Å². The van der Waals surface area contributed by atoms with Crippen molar-refractivity contribution in [3.05, 3.63) is 119 Å². The third kappa shape index (κ3) is 4.33. The molecule has 0 spiro atoms. The zero-order valence-electron chi connectivity index (χ0n) is 17.2. The van der Waals surface area contributed by atoms with Gasteiger partial charge in [0, 0.05) is 23.2 Å². The number of aryl methyl sites for hydroxylation is 1. The van der Waals surface area contributed by atoms with Gasteiger partial charge in [-0.15, -0.1) is 0 Å². The standard InChI is InChI=1S/C26H24N2O2/c1-19-25(17-21-9-5-3-6-10-21)20(2)28(27-19)26(29)23-13-15-24(16-14-23)30-18-22-11-7-4-8-12-22/h3-16H,17-18H2,1-2H3. The number of carbonyl (C=O) groups excluding carboxylic acids is 1. The van der Waals surface area contributed by atoms with Gasteiger partial charge in [-0.2, -0.15) is 5.10 Å². The number of hydrogen-bond donors (Lipinski definition) is 0. The van der Waals surface area contributed by atoms with E-state index in [-0.39, 0.29) is 5.91 Å². The molecule has 4 aromatic rings. The summed E-state index contributed by atoms with van der Waals surface area (Å²) >= 11 is 0. The summed E-state index contributed by atoms with van der Waals surface area (Å²) in [4.78, 5) is 13.0. The Kier molecular flexibility index (Phi) is 5.75. The van der Waals surface area contributed by atoms with Crippen molar-refractivity contribution in [2.75, 3.05) is 0 Å². The molecule has 1 aromatic heterocycles. The van der Waals surface area contributed by atoms with Crippen LogP contribution in [0.3, 0.4) is 0 Å². The van der Waals surface area contributed by atoms with Crippen LogP contribution in [0, 0.1) is 13.8 Å². The van der Waals surface area contributed by atoms with Gasteiger partial charge >= 0.3 is 0 Å². The van der Waals surface area contributed by atoms with Crippen molar-refractivity contribution in [2.24, 2.45) is 0 Å². The van der Waals surface area contributed by atoms with Gasteiger partial charge in [-0.25, -0.2) is 4.68 Å². The van der Waals surface area contributed by atoms with Crippen LogP contribution in [-0.2, 0) is 13.0 Å². The number of rotatable bonds is 6. The van der Waals surface area contributed by atoms with Gasteiger partial charge in [-0.1, -0.05) is 60.7 Å². The molecule has 150 valence electrons. The Bertz CT molecular complexity index is 1130. The molecule has 0 unspecified atom stereocenters. The second-order valence-electron chi connectivity index (χ2n) is 7.33. The highest BCUT2D eigenvalue weighted by Crippen LogP contribution is 2.20. The summed E-state index contributed by atoms with van der Waals surface area (Å²) in [7, 11) is 0. The Morgan fingerprint density at radius 3 is 2.07 bits per heavy atom. The number of nitrogens with zero attached hydrogens (tertiary/aromatic N) is 2. The molecule has 0 atom stereocenters. The minimum atomic E-state index is -0.135. The fourth-order valence-corrected chi connectivity index (χ4v) is 3.49. The van der Waals surface area contributed by atoms with Gasteiger partial charge in [0.1, 0.15) is 12.4 Å². The molecule has 0 bridgehead atoms. The van der Waals surface area contributed by atoms with E-state index in [2.05, 4.69) is 17.2 Å². The predicted molar refractivity (Wildman–Crippen MR) is 118 cm³/mol. The first-order valence-electron chi connectivity index (χ1n) is 10.0. The smallest absolute Gasteiger partial charge is 0.278 e. The van der Waals surface area contributed by atoms with Crippen molar-refractivity contribution < 1.29 is 9.53 Å². The molecule has 1 heterocycles. The van der Waals surface area contributed by atoms with E-state index >= 15 is 0 Å². The fourth-order valence-electron chi connectivity index (χ4n) is 3.49. The summed E-state index contributed by atoms with van der Waals surface area (Å²) in [5.41, 5.74) is 5.75. The summed E-state index contributed by atoms with van der Waals surface area (Å²) < 4.78 is 7.32. The molecule has 0 aliphatic heterocycles. The summed E-state index contributed by atoms with van der Waals surface area (Å²) in [6, 6.07) is 27.5. The Hall–Kier alpha value is -3.66. The van der Waals surface area contributed by atoms with Crippen LogP contribution in [0.2, 0.25) is 0 Å². The Labute approximate surface area is 176 Å². The lowest BCUT2D eigenvalue weighted by molar-refractivity contribution is 0.0942. The lowest BCUT2D eigenvalue weighted by Crippen LogP contribution is -2.15. The lowest BCUT2D eigenvalue weighted by Gasteiger charge is -2.08. The zero-order chi connectivity index (χ0) is 20.9. The molecular formula is C26H24N2O2. The van der Waals surface area contributed by atoms with Crippen LogP contribution in [0.4, 0.5) is 0 Å². The molecule has 0 fully saturated rings. The molecule has 0 amide bonds. The molecule has 0 aliphatic carbocycles. The number of aromatic nitrogens is 2. The molecular weight excluding hydrogens is 372 g/mol. The van der Waals surface area contributed by atoms with E-state index in [0.717, 1.165) is 34.7 Å². The van der Waals surface area contributed by atoms with E-state index in [1.807, 2.05) is 74.5 Å². The van der Waals surface area contributed by atoms with Gasteiger partial charge in [0.15, 0.2) is 0 Å². The quantitative estimate of drug-likeness (QED) is 0.441. The summed E-state index contributed by atoms with van der Waals surface area (Å²) in [5.74, 6) is 0.595. The molecule has 0 N–H and O–H groups in total. The van der Waals surface area contributed by atoms with E-state index in [1.165, 1.54) is 10.2 Å². The summed E-state index contributed by atoms with van der Waals surface area (Å²) in [6.45, 7) is 4.40. The average molecular weight is 396 g/mol. The van der Waals surface area contributed by atoms with Gasteiger partial charge in [-0.05, 0) is 49.2 Å². The topological polar surface area (TPSA) is 44.1 Å². The fraction of sp³-hybridized carbons (Fsp3) is 0.154. The Balaban J connectivity index is 1.48. The number of hydrogen-bond acceptors (Lipinski definition) is 3. The SMILES string of the molecule is Cc1nn(C(=O)c2ccc(OCc3ccccc3)cc2)c(C)c1Cc1ccccc1. The first-order valence-corrected chi connectivity index (χ1v) is 10.0. The molecule has 3 aromatic carbocycles. The number of carbonyl (C=O) groups is 1. The normalized spacial score (nSPS) is 10.7. The van der Waals surface area contributed by atoms with Crippen molar-refractivity contribution >= 4 is 5.91 Å². The molecule has 4 rings (SSSR count). The van der Waals surface area contributed by atoms with Crippen molar-refractivity contribution in [1.82, 2.24) is 9.78 Å². The van der Waals surface area contributed by atoms with Crippen LogP contribution in [0.25, 0.3) is 0 Å². The van der Waals surface area contributed by atoms with E-state index in [0.29, 0.717) is 12.2 Å². The van der Waals surface area contributed by atoms with Crippen LogP contribution in [0.5, 0.6) is 5.75 Å². The molecule has 4 heteroatoms. The van der Waals surface area contributed by atoms with Crippen LogP contribution in [0.1, 0.15) is 38.4 Å². The van der Waals surface area contributed by atoms with E-state index in [1.54, 1.807) is 12.1 Å². The Morgan fingerprint density at radius 1 is 0.833 bits per heavy atom. The maximum atomic E-state index is 13.0. The third-order valence-electron chi connectivity index (χ3n) is 5.21. The highest BCUT2D eigenvalue weighted by atomic mass is 16.5. The van der Waals surface area contributed by atoms with Crippen molar-refractivity contribution in [1.29, 1.82) is 0 Å². The largest absolute Gasteiger partial charge is 0.489 e. The van der Waals surface area contributed by atoms with Gasteiger partial charge < -0.3 is 4.74 Å². The van der Waals surface area contributed by atoms with Gasteiger partial charge in [0.2, 0.25) is 0 Å². The van der Waals surface area contributed by atoms with Crippen LogP contribution in [-0.4, -0.2) is 15.7 Å². The van der Waals surface area contributed by atoms with Crippen molar-refractivity contribution in [3.63, 3.8) is 0 Å². The minimum Gasteiger partial charge on any atom is -0.489 e. The van der Waals surface area contributed by atoms with E-state index in [4.69, 9.17) is 4.74 Å². The average Bonchev–Trinajstić information content (AvgIpc) is 3.07. The maximum Gasteiger partial charge on any atom is 0.278 e. The monoisotopic (exact) mass is 396 g/mol. The van der Waals surface area contributed by atoms with E-state index in [9.17, 15) is 4.79 Å². The van der Waals surface area contributed by atoms with Gasteiger partial charge in [-0.3, -0.25) is 4.79 Å². The maximum absolute atomic E-state index is 13.0. The summed E-state index contributed by atoms with van der Waals surface area (Å²) in [6.07, 6.45) is 0.762. The minimum absolute atomic E-state index is 0.135. The van der Waals surface area contributed by atoms with Gasteiger partial charge in [0.05, 0.1) is 5.69 Å². The second-order valence-corrected chi connectivity index (χ2v) is 7.33. The second kappa shape index (κ2) is 8.78. The molecule has 4 nitrogen and oxygen atoms in total. The molecule has 0 aliphatic rings. The number of benzene rings is 3. The number of ether oxygens (including phenoxy) is 1. The predicted octanol–water partition coefficient (Wildman–Crippen LogP) is 5.36. The highest BCUT2D eigenvalue weighted by Gasteiger charge is 2.18. The molecule has 0 radical (unpaired) electrons. The van der Waals surface area contributed by atoms with Crippen LogP contribution >= 0.6 is 0 Å². The van der Waals surface area contributed by atoms with Crippen molar-refractivity contribution in [2.45, 2.75) is 26.9 Å². The van der Waals surface area contributed by atoms with Crippen LogP contribution in [0.15, 0.2) is 84.9 Å². The molecule has 0 saturated heterocycles. The first kappa shape index (κ1) is 19.6. The lowest BCUT2D eigenvalue weighted by atomic mass is 10.0. The molecule has 30 heavy (non-hydrogen) atoms. The third-order valence-corrected chi connectivity index (χ3v) is 5.21. The highest BCUT2D eigenvalue weighted by molar-refractivity contribution is 5.96. The van der Waals surface area contributed by atoms with E-state index < -0.39 is 0 Å². The molecule has 0 saturated carbocycles. The summed E-state index contributed by atoms with van der Waals surface area (Å²) in [5, 5.41) is 4.52.